The Balaban J connectivity index is 2.46. The lowest BCUT2D eigenvalue weighted by atomic mass is 10.1. The van der Waals surface area contributed by atoms with Gasteiger partial charge in [0.25, 0.3) is 0 Å². The molecule has 0 bridgehead atoms. The van der Waals surface area contributed by atoms with Gasteiger partial charge in [0.05, 0.1) is 13.2 Å². The van der Waals surface area contributed by atoms with Crippen molar-refractivity contribution in [2.45, 2.75) is 25.9 Å². The van der Waals surface area contributed by atoms with E-state index in [2.05, 4.69) is 37.7 Å². The van der Waals surface area contributed by atoms with Gasteiger partial charge >= 0.3 is 0 Å². The average molecular weight is 186 g/mol. The normalized spacial score (nSPS) is 25.8. The van der Waals surface area contributed by atoms with Crippen LogP contribution in [0.3, 0.4) is 0 Å². The van der Waals surface area contributed by atoms with Gasteiger partial charge in [-0.3, -0.25) is 4.90 Å². The first-order valence-corrected chi connectivity index (χ1v) is 5.09. The first-order valence-electron chi connectivity index (χ1n) is 5.09. The lowest BCUT2D eigenvalue weighted by molar-refractivity contribution is -0.0295. The van der Waals surface area contributed by atoms with Crippen molar-refractivity contribution >= 4 is 0 Å². The summed E-state index contributed by atoms with van der Waals surface area (Å²) in [5.74, 6) is 0. The van der Waals surface area contributed by atoms with Crippen LogP contribution in [0.25, 0.3) is 0 Å². The van der Waals surface area contributed by atoms with E-state index in [-0.39, 0.29) is 0 Å². The SMILES string of the molecule is CC(C)N1CCOC[C@@H]1CN(C)C. The van der Waals surface area contributed by atoms with E-state index in [1.807, 2.05) is 0 Å². The molecule has 1 heterocycles. The van der Waals surface area contributed by atoms with E-state index in [4.69, 9.17) is 4.74 Å². The molecule has 0 amide bonds. The molecule has 0 aromatic rings. The second-order valence-corrected chi connectivity index (χ2v) is 4.32. The van der Waals surface area contributed by atoms with Crippen LogP contribution in [-0.4, -0.2) is 62.3 Å². The number of hydrogen-bond donors (Lipinski definition) is 0. The van der Waals surface area contributed by atoms with Gasteiger partial charge in [0.2, 0.25) is 0 Å². The molecule has 1 rings (SSSR count). The van der Waals surface area contributed by atoms with Crippen LogP contribution in [0, 0.1) is 0 Å². The average Bonchev–Trinajstić information content (AvgIpc) is 2.03. The lowest BCUT2D eigenvalue weighted by Gasteiger charge is -2.39. The third-order valence-electron chi connectivity index (χ3n) is 2.51. The predicted molar refractivity (Wildman–Crippen MR) is 55.0 cm³/mol. The zero-order chi connectivity index (χ0) is 9.84. The van der Waals surface area contributed by atoms with Crippen LogP contribution in [0.15, 0.2) is 0 Å². The molecule has 0 aliphatic carbocycles. The topological polar surface area (TPSA) is 15.7 Å². The minimum absolute atomic E-state index is 0.573. The van der Waals surface area contributed by atoms with Crippen LogP contribution < -0.4 is 0 Å². The van der Waals surface area contributed by atoms with Crippen molar-refractivity contribution in [3.8, 4) is 0 Å². The van der Waals surface area contributed by atoms with Crippen molar-refractivity contribution in [2.75, 3.05) is 40.4 Å². The van der Waals surface area contributed by atoms with Gasteiger partial charge in [-0.25, -0.2) is 0 Å². The molecule has 1 fully saturated rings. The minimum Gasteiger partial charge on any atom is -0.378 e. The summed E-state index contributed by atoms with van der Waals surface area (Å²) in [7, 11) is 4.24. The molecule has 0 radical (unpaired) electrons. The Hall–Kier alpha value is -0.120. The summed E-state index contributed by atoms with van der Waals surface area (Å²) in [6.07, 6.45) is 0. The fraction of sp³-hybridized carbons (Fsp3) is 1.00. The summed E-state index contributed by atoms with van der Waals surface area (Å²) in [5, 5.41) is 0. The van der Waals surface area contributed by atoms with Gasteiger partial charge in [-0.1, -0.05) is 0 Å². The Morgan fingerprint density at radius 3 is 2.69 bits per heavy atom. The highest BCUT2D eigenvalue weighted by atomic mass is 16.5. The minimum atomic E-state index is 0.573. The number of likely N-dealkylation sites (N-methyl/N-ethyl adjacent to an activating group) is 1. The third-order valence-corrected chi connectivity index (χ3v) is 2.51. The van der Waals surface area contributed by atoms with E-state index in [0.717, 1.165) is 26.3 Å². The van der Waals surface area contributed by atoms with Crippen molar-refractivity contribution in [2.24, 2.45) is 0 Å². The van der Waals surface area contributed by atoms with Crippen molar-refractivity contribution in [3.05, 3.63) is 0 Å². The van der Waals surface area contributed by atoms with Crippen molar-refractivity contribution < 1.29 is 4.74 Å². The molecule has 0 saturated carbocycles. The number of ether oxygens (including phenoxy) is 1. The Morgan fingerprint density at radius 1 is 1.46 bits per heavy atom. The van der Waals surface area contributed by atoms with E-state index < -0.39 is 0 Å². The van der Waals surface area contributed by atoms with E-state index in [1.54, 1.807) is 0 Å². The second-order valence-electron chi connectivity index (χ2n) is 4.32. The number of rotatable bonds is 3. The summed E-state index contributed by atoms with van der Waals surface area (Å²) >= 11 is 0. The zero-order valence-electron chi connectivity index (χ0n) is 9.29. The zero-order valence-corrected chi connectivity index (χ0v) is 9.29. The van der Waals surface area contributed by atoms with Gasteiger partial charge in [-0.2, -0.15) is 0 Å². The summed E-state index contributed by atoms with van der Waals surface area (Å²) < 4.78 is 5.50. The van der Waals surface area contributed by atoms with E-state index in [1.165, 1.54) is 0 Å². The Bertz CT molecular complexity index is 148. The highest BCUT2D eigenvalue weighted by molar-refractivity contribution is 4.79. The molecule has 1 aliphatic rings. The molecule has 3 heteroatoms. The van der Waals surface area contributed by atoms with Gasteiger partial charge in [0, 0.05) is 25.2 Å². The first kappa shape index (κ1) is 11.0. The van der Waals surface area contributed by atoms with Gasteiger partial charge in [0.15, 0.2) is 0 Å². The van der Waals surface area contributed by atoms with Crippen LogP contribution in [0.1, 0.15) is 13.8 Å². The Morgan fingerprint density at radius 2 is 2.15 bits per heavy atom. The highest BCUT2D eigenvalue weighted by Crippen LogP contribution is 2.11. The monoisotopic (exact) mass is 186 g/mol. The van der Waals surface area contributed by atoms with Gasteiger partial charge in [-0.05, 0) is 27.9 Å². The summed E-state index contributed by atoms with van der Waals surface area (Å²) in [6, 6.07) is 1.21. The highest BCUT2D eigenvalue weighted by Gasteiger charge is 2.25. The van der Waals surface area contributed by atoms with E-state index in [0.29, 0.717) is 12.1 Å². The number of hydrogen-bond acceptors (Lipinski definition) is 3. The molecule has 1 aliphatic heterocycles. The van der Waals surface area contributed by atoms with E-state index in [9.17, 15) is 0 Å². The standard InChI is InChI=1S/C10H22N2O/c1-9(2)12-5-6-13-8-10(12)7-11(3)4/h9-10H,5-8H2,1-4H3/t10-/m0/s1. The molecule has 13 heavy (non-hydrogen) atoms. The molecule has 78 valence electrons. The maximum absolute atomic E-state index is 5.50. The molecular formula is C10H22N2O. The Labute approximate surface area is 81.7 Å². The van der Waals surface area contributed by atoms with Gasteiger partial charge < -0.3 is 9.64 Å². The smallest absolute Gasteiger partial charge is 0.0635 e. The van der Waals surface area contributed by atoms with E-state index >= 15 is 0 Å². The maximum Gasteiger partial charge on any atom is 0.0635 e. The molecule has 0 N–H and O–H groups in total. The van der Waals surface area contributed by atoms with Crippen molar-refractivity contribution in [3.63, 3.8) is 0 Å². The van der Waals surface area contributed by atoms with Crippen LogP contribution in [0.2, 0.25) is 0 Å². The Kier molecular flexibility index (Phi) is 4.16. The molecule has 0 aromatic carbocycles. The molecular weight excluding hydrogens is 164 g/mol. The van der Waals surface area contributed by atoms with Crippen molar-refractivity contribution in [1.82, 2.24) is 9.80 Å². The lowest BCUT2D eigenvalue weighted by Crippen LogP contribution is -2.52. The van der Waals surface area contributed by atoms with Crippen LogP contribution in [0.5, 0.6) is 0 Å². The number of morpholine rings is 1. The molecule has 3 nitrogen and oxygen atoms in total. The largest absolute Gasteiger partial charge is 0.378 e. The molecule has 1 atom stereocenters. The van der Waals surface area contributed by atoms with Crippen molar-refractivity contribution in [1.29, 1.82) is 0 Å². The summed E-state index contributed by atoms with van der Waals surface area (Å²) in [4.78, 5) is 4.76. The summed E-state index contributed by atoms with van der Waals surface area (Å²) in [6.45, 7) is 8.47. The van der Waals surface area contributed by atoms with Crippen LogP contribution in [0.4, 0.5) is 0 Å². The quantitative estimate of drug-likeness (QED) is 0.644. The fourth-order valence-electron chi connectivity index (χ4n) is 1.93. The van der Waals surface area contributed by atoms with Gasteiger partial charge in [-0.15, -0.1) is 0 Å². The molecule has 0 spiro atoms. The third kappa shape index (κ3) is 3.25. The number of nitrogens with zero attached hydrogens (tertiary/aromatic N) is 2. The first-order chi connectivity index (χ1) is 6.11. The fourth-order valence-corrected chi connectivity index (χ4v) is 1.93. The van der Waals surface area contributed by atoms with Crippen LogP contribution >= 0.6 is 0 Å². The predicted octanol–water partition coefficient (Wildman–Crippen LogP) is 0.657. The summed E-state index contributed by atoms with van der Waals surface area (Å²) in [5.41, 5.74) is 0. The molecule has 0 aromatic heterocycles. The molecule has 1 saturated heterocycles. The molecule has 0 unspecified atom stereocenters. The second kappa shape index (κ2) is 4.94. The maximum atomic E-state index is 5.50. The van der Waals surface area contributed by atoms with Crippen LogP contribution in [-0.2, 0) is 4.74 Å². The van der Waals surface area contributed by atoms with Gasteiger partial charge in [0.1, 0.15) is 0 Å².